The van der Waals surface area contributed by atoms with Crippen LogP contribution in [0.5, 0.6) is 11.5 Å². The Hall–Kier alpha value is -3.68. The lowest BCUT2D eigenvalue weighted by atomic mass is 10.2. The lowest BCUT2D eigenvalue weighted by Gasteiger charge is -2.07. The van der Waals surface area contributed by atoms with Crippen molar-refractivity contribution in [3.05, 3.63) is 71.9 Å². The molecule has 4 rings (SSSR count). The number of rotatable bonds is 6. The number of hydrogen-bond acceptors (Lipinski definition) is 7. The van der Waals surface area contributed by atoms with E-state index < -0.39 is 0 Å². The van der Waals surface area contributed by atoms with Crippen molar-refractivity contribution in [1.29, 1.82) is 0 Å². The number of amides is 1. The van der Waals surface area contributed by atoms with Crippen molar-refractivity contribution >= 4 is 11.7 Å². The van der Waals surface area contributed by atoms with E-state index in [2.05, 4.69) is 25.6 Å². The van der Waals surface area contributed by atoms with E-state index in [1.54, 1.807) is 6.20 Å². The Bertz CT molecular complexity index is 932. The summed E-state index contributed by atoms with van der Waals surface area (Å²) in [4.78, 5) is 24.7. The van der Waals surface area contributed by atoms with E-state index in [1.807, 2.05) is 36.4 Å². The van der Waals surface area contributed by atoms with Crippen LogP contribution < -0.4 is 20.1 Å². The van der Waals surface area contributed by atoms with Crippen molar-refractivity contribution in [2.24, 2.45) is 0 Å². The first-order chi connectivity index (χ1) is 13.3. The molecule has 0 atom stereocenters. The summed E-state index contributed by atoms with van der Waals surface area (Å²) >= 11 is 0. The number of carbonyl (C=O) groups is 1. The summed E-state index contributed by atoms with van der Waals surface area (Å²) in [7, 11) is 0. The highest BCUT2D eigenvalue weighted by Gasteiger charge is 2.13. The zero-order valence-electron chi connectivity index (χ0n) is 14.4. The van der Waals surface area contributed by atoms with Crippen molar-refractivity contribution in [1.82, 2.24) is 20.3 Å². The summed E-state index contributed by atoms with van der Waals surface area (Å²) in [6.45, 7) is 1.14. The van der Waals surface area contributed by atoms with E-state index in [0.717, 1.165) is 22.8 Å². The van der Waals surface area contributed by atoms with Gasteiger partial charge in [-0.1, -0.05) is 12.1 Å². The van der Waals surface area contributed by atoms with Gasteiger partial charge in [0.05, 0.1) is 24.6 Å². The second kappa shape index (κ2) is 7.69. The van der Waals surface area contributed by atoms with Crippen molar-refractivity contribution in [2.75, 3.05) is 12.1 Å². The molecule has 3 heterocycles. The Kier molecular flexibility index (Phi) is 4.78. The van der Waals surface area contributed by atoms with Crippen LogP contribution in [0.1, 0.15) is 21.7 Å². The quantitative estimate of drug-likeness (QED) is 0.692. The van der Waals surface area contributed by atoms with Crippen LogP contribution in [0.25, 0.3) is 0 Å². The second-order valence-corrected chi connectivity index (χ2v) is 5.83. The normalized spacial score (nSPS) is 11.9. The molecule has 0 fully saturated rings. The number of ether oxygens (including phenoxy) is 2. The molecule has 0 saturated heterocycles. The molecule has 0 saturated carbocycles. The Morgan fingerprint density at radius 1 is 1.00 bits per heavy atom. The fourth-order valence-electron chi connectivity index (χ4n) is 2.54. The lowest BCUT2D eigenvalue weighted by Crippen LogP contribution is -2.24. The van der Waals surface area contributed by atoms with Crippen molar-refractivity contribution in [2.45, 2.75) is 13.1 Å². The van der Waals surface area contributed by atoms with Crippen LogP contribution in [0.2, 0.25) is 0 Å². The number of aromatic nitrogens is 3. The molecule has 2 N–H and O–H groups in total. The first-order valence-corrected chi connectivity index (χ1v) is 8.40. The van der Waals surface area contributed by atoms with Crippen molar-refractivity contribution < 1.29 is 14.3 Å². The fourth-order valence-corrected chi connectivity index (χ4v) is 2.54. The molecule has 27 heavy (non-hydrogen) atoms. The molecule has 8 nitrogen and oxygen atoms in total. The first kappa shape index (κ1) is 16.8. The largest absolute Gasteiger partial charge is 0.454 e. The maximum atomic E-state index is 12.1. The fraction of sp³-hybridized carbons (Fsp3) is 0.158. The summed E-state index contributed by atoms with van der Waals surface area (Å²) in [6, 6.07) is 11.3. The number of hydrogen-bond donors (Lipinski definition) is 2. The van der Waals surface area contributed by atoms with Gasteiger partial charge in [-0.05, 0) is 29.8 Å². The van der Waals surface area contributed by atoms with Crippen LogP contribution in [-0.4, -0.2) is 27.7 Å². The van der Waals surface area contributed by atoms with Gasteiger partial charge in [0.15, 0.2) is 11.5 Å². The van der Waals surface area contributed by atoms with Gasteiger partial charge in [0, 0.05) is 12.7 Å². The van der Waals surface area contributed by atoms with Crippen LogP contribution in [0, 0.1) is 0 Å². The number of anilines is 1. The maximum Gasteiger partial charge on any atom is 0.271 e. The number of benzene rings is 1. The monoisotopic (exact) mass is 363 g/mol. The molecule has 2 aromatic heterocycles. The molecular formula is C19H17N5O3. The number of pyridine rings is 1. The Labute approximate surface area is 155 Å². The zero-order chi connectivity index (χ0) is 18.5. The van der Waals surface area contributed by atoms with E-state index in [0.29, 0.717) is 18.9 Å². The summed E-state index contributed by atoms with van der Waals surface area (Å²) < 4.78 is 10.7. The lowest BCUT2D eigenvalue weighted by molar-refractivity contribution is 0.0945. The van der Waals surface area contributed by atoms with E-state index in [4.69, 9.17) is 9.47 Å². The second-order valence-electron chi connectivity index (χ2n) is 5.83. The van der Waals surface area contributed by atoms with E-state index in [1.165, 1.54) is 12.4 Å². The van der Waals surface area contributed by atoms with Gasteiger partial charge in [0.2, 0.25) is 6.79 Å². The van der Waals surface area contributed by atoms with E-state index in [9.17, 15) is 4.79 Å². The molecule has 1 amide bonds. The third-order valence-corrected chi connectivity index (χ3v) is 3.95. The molecular weight excluding hydrogens is 346 g/mol. The summed E-state index contributed by atoms with van der Waals surface area (Å²) in [5.41, 5.74) is 2.05. The number of carbonyl (C=O) groups excluding carboxylic acids is 1. The minimum absolute atomic E-state index is 0.250. The van der Waals surface area contributed by atoms with Gasteiger partial charge >= 0.3 is 0 Å². The molecule has 1 aromatic carbocycles. The highest BCUT2D eigenvalue weighted by Crippen LogP contribution is 2.32. The number of fused-ring (bicyclic) bond motifs is 1. The van der Waals surface area contributed by atoms with Crippen LogP contribution in [0.15, 0.2) is 55.0 Å². The van der Waals surface area contributed by atoms with Gasteiger partial charge in [0.25, 0.3) is 5.91 Å². The Morgan fingerprint density at radius 3 is 2.74 bits per heavy atom. The average Bonchev–Trinajstić information content (AvgIpc) is 3.19. The molecule has 8 heteroatoms. The number of nitrogens with zero attached hydrogens (tertiary/aromatic N) is 3. The zero-order valence-corrected chi connectivity index (χ0v) is 14.4. The van der Waals surface area contributed by atoms with Gasteiger partial charge in [-0.25, -0.2) is 9.97 Å². The minimum Gasteiger partial charge on any atom is -0.454 e. The smallest absolute Gasteiger partial charge is 0.271 e. The molecule has 1 aliphatic rings. The first-order valence-electron chi connectivity index (χ1n) is 8.40. The van der Waals surface area contributed by atoms with Crippen LogP contribution in [0.4, 0.5) is 5.82 Å². The highest BCUT2D eigenvalue weighted by atomic mass is 16.7. The van der Waals surface area contributed by atoms with E-state index >= 15 is 0 Å². The van der Waals surface area contributed by atoms with Gasteiger partial charge in [-0.15, -0.1) is 0 Å². The van der Waals surface area contributed by atoms with E-state index in [-0.39, 0.29) is 18.4 Å². The number of nitrogens with one attached hydrogen (secondary N) is 2. The summed E-state index contributed by atoms with van der Waals surface area (Å²) in [6.07, 6.45) is 4.65. The molecule has 0 bridgehead atoms. The third-order valence-electron chi connectivity index (χ3n) is 3.95. The highest BCUT2D eigenvalue weighted by molar-refractivity contribution is 5.91. The average molecular weight is 363 g/mol. The predicted octanol–water partition coefficient (Wildman–Crippen LogP) is 2.14. The Balaban J connectivity index is 1.31. The van der Waals surface area contributed by atoms with Crippen LogP contribution in [0.3, 0.4) is 0 Å². The van der Waals surface area contributed by atoms with Crippen molar-refractivity contribution in [3.8, 4) is 11.5 Å². The third kappa shape index (κ3) is 4.12. The summed E-state index contributed by atoms with van der Waals surface area (Å²) in [5.74, 6) is 1.77. The maximum absolute atomic E-state index is 12.1. The molecule has 0 radical (unpaired) electrons. The Morgan fingerprint density at radius 2 is 1.93 bits per heavy atom. The van der Waals surface area contributed by atoms with Crippen molar-refractivity contribution in [3.63, 3.8) is 0 Å². The standard InChI is InChI=1S/C19H17N5O3/c25-19(24-9-14-3-1-2-6-20-14)15-10-23-18(11-21-15)22-8-13-4-5-16-17(7-13)27-12-26-16/h1-7,10-11H,8-9,12H2,(H,22,23)(H,24,25). The predicted molar refractivity (Wildman–Crippen MR) is 97.3 cm³/mol. The molecule has 0 spiro atoms. The van der Waals surface area contributed by atoms with Gasteiger partial charge in [-0.3, -0.25) is 9.78 Å². The molecule has 0 aliphatic carbocycles. The molecule has 136 valence electrons. The molecule has 0 unspecified atom stereocenters. The molecule has 3 aromatic rings. The minimum atomic E-state index is -0.296. The van der Waals surface area contributed by atoms with Crippen LogP contribution in [-0.2, 0) is 13.1 Å². The van der Waals surface area contributed by atoms with Gasteiger partial charge in [-0.2, -0.15) is 0 Å². The summed E-state index contributed by atoms with van der Waals surface area (Å²) in [5, 5.41) is 5.93. The molecule has 1 aliphatic heterocycles. The topological polar surface area (TPSA) is 98.3 Å². The van der Waals surface area contributed by atoms with Gasteiger partial charge < -0.3 is 20.1 Å². The SMILES string of the molecule is O=C(NCc1ccccn1)c1cnc(NCc2ccc3c(c2)OCO3)cn1. The van der Waals surface area contributed by atoms with Crippen LogP contribution >= 0.6 is 0 Å². The van der Waals surface area contributed by atoms with Gasteiger partial charge in [0.1, 0.15) is 11.5 Å².